The summed E-state index contributed by atoms with van der Waals surface area (Å²) in [6.45, 7) is 0.0113. The maximum atomic E-state index is 13.3. The number of methoxy groups -OCH3 is 1. The highest BCUT2D eigenvalue weighted by molar-refractivity contribution is 5.99. The van der Waals surface area contributed by atoms with Crippen LogP contribution in [-0.4, -0.2) is 24.5 Å². The van der Waals surface area contributed by atoms with E-state index in [0.717, 1.165) is 7.11 Å². The average Bonchev–Trinajstić information content (AvgIpc) is 2.17. The summed E-state index contributed by atoms with van der Waals surface area (Å²) >= 11 is 0. The predicted octanol–water partition coefficient (Wildman–Crippen LogP) is 1.21. The van der Waals surface area contributed by atoms with Gasteiger partial charge in [-0.15, -0.1) is 0 Å². The Balaban J connectivity index is 3.33. The smallest absolute Gasteiger partial charge is 0.197 e. The quantitative estimate of drug-likeness (QED) is 0.764. The molecule has 88 valence electrons. The van der Waals surface area contributed by atoms with Gasteiger partial charge in [-0.05, 0) is 6.54 Å². The number of rotatable bonds is 4. The third-order valence-electron chi connectivity index (χ3n) is 2.02. The number of benzene rings is 1. The van der Waals surface area contributed by atoms with Crippen LogP contribution in [0.3, 0.4) is 0 Å². The summed E-state index contributed by atoms with van der Waals surface area (Å²) in [7, 11) is 1.10. The molecule has 3 N–H and O–H groups in total. The van der Waals surface area contributed by atoms with Gasteiger partial charge >= 0.3 is 0 Å². The number of phenols is 1. The van der Waals surface area contributed by atoms with Gasteiger partial charge in [0.15, 0.2) is 23.1 Å². The van der Waals surface area contributed by atoms with Crippen LogP contribution >= 0.6 is 0 Å². The number of Topliss-reactive ketones (excluding diaryl/α,β-unsaturated/α-hetero) is 1. The molecular weight excluding hydrogens is 220 g/mol. The van der Waals surface area contributed by atoms with Crippen LogP contribution in [0, 0.1) is 11.6 Å². The van der Waals surface area contributed by atoms with E-state index < -0.39 is 34.5 Å². The van der Waals surface area contributed by atoms with Crippen molar-refractivity contribution in [2.75, 3.05) is 13.7 Å². The van der Waals surface area contributed by atoms with Crippen LogP contribution < -0.4 is 10.5 Å². The van der Waals surface area contributed by atoms with Crippen molar-refractivity contribution >= 4 is 5.78 Å². The molecule has 0 fully saturated rings. The fourth-order valence-corrected chi connectivity index (χ4v) is 1.30. The predicted molar refractivity (Wildman–Crippen MR) is 52.6 cm³/mol. The molecule has 0 spiro atoms. The largest absolute Gasteiger partial charge is 0.504 e. The third-order valence-corrected chi connectivity index (χ3v) is 2.02. The van der Waals surface area contributed by atoms with Crippen molar-refractivity contribution < 1.29 is 23.4 Å². The van der Waals surface area contributed by atoms with Crippen LogP contribution in [0.2, 0.25) is 0 Å². The van der Waals surface area contributed by atoms with Crippen LogP contribution in [0.4, 0.5) is 8.78 Å². The maximum absolute atomic E-state index is 13.3. The van der Waals surface area contributed by atoms with Gasteiger partial charge in [-0.1, -0.05) is 0 Å². The lowest BCUT2D eigenvalue weighted by molar-refractivity contribution is 0.0978. The van der Waals surface area contributed by atoms with Gasteiger partial charge in [0.1, 0.15) is 5.82 Å². The molecule has 16 heavy (non-hydrogen) atoms. The van der Waals surface area contributed by atoms with Crippen molar-refractivity contribution in [2.45, 2.75) is 6.42 Å². The molecule has 1 rings (SSSR count). The van der Waals surface area contributed by atoms with Gasteiger partial charge in [-0.2, -0.15) is 0 Å². The minimum Gasteiger partial charge on any atom is -0.504 e. The number of halogens is 2. The van der Waals surface area contributed by atoms with E-state index >= 15 is 0 Å². The van der Waals surface area contributed by atoms with Crippen LogP contribution in [0.1, 0.15) is 16.8 Å². The first-order valence-corrected chi connectivity index (χ1v) is 4.51. The molecule has 0 saturated carbocycles. The number of aromatic hydroxyl groups is 1. The molecule has 0 amide bonds. The summed E-state index contributed by atoms with van der Waals surface area (Å²) in [5, 5.41) is 9.48. The van der Waals surface area contributed by atoms with Crippen molar-refractivity contribution in [3.63, 3.8) is 0 Å². The van der Waals surface area contributed by atoms with E-state index in [2.05, 4.69) is 4.74 Å². The molecule has 4 nitrogen and oxygen atoms in total. The van der Waals surface area contributed by atoms with Crippen LogP contribution in [-0.2, 0) is 0 Å². The number of carbonyl (C=O) groups is 1. The molecule has 0 aliphatic rings. The van der Waals surface area contributed by atoms with Gasteiger partial charge in [0.2, 0.25) is 0 Å². The van der Waals surface area contributed by atoms with E-state index in [4.69, 9.17) is 5.73 Å². The van der Waals surface area contributed by atoms with Gasteiger partial charge in [0, 0.05) is 12.5 Å². The van der Waals surface area contributed by atoms with Crippen LogP contribution in [0.5, 0.6) is 11.5 Å². The number of phenolic OH excluding ortho intramolecular Hbond substituents is 1. The summed E-state index contributed by atoms with van der Waals surface area (Å²) < 4.78 is 30.9. The Kier molecular flexibility index (Phi) is 3.78. The fourth-order valence-electron chi connectivity index (χ4n) is 1.30. The highest BCUT2D eigenvalue weighted by Gasteiger charge is 2.23. The summed E-state index contributed by atoms with van der Waals surface area (Å²) in [4.78, 5) is 11.4. The number of ether oxygens (including phenoxy) is 1. The topological polar surface area (TPSA) is 72.5 Å². The Bertz CT molecular complexity index is 421. The summed E-state index contributed by atoms with van der Waals surface area (Å²) in [5.41, 5.74) is 4.54. The molecule has 1 aromatic rings. The Hall–Kier alpha value is -1.69. The van der Waals surface area contributed by atoms with E-state index in [-0.39, 0.29) is 13.0 Å². The van der Waals surface area contributed by atoms with E-state index in [1.54, 1.807) is 0 Å². The third kappa shape index (κ3) is 2.11. The van der Waals surface area contributed by atoms with Crippen molar-refractivity contribution in [1.82, 2.24) is 0 Å². The Labute approximate surface area is 90.6 Å². The second-order valence-corrected chi connectivity index (χ2v) is 3.06. The molecule has 0 atom stereocenters. The van der Waals surface area contributed by atoms with Gasteiger partial charge in [-0.3, -0.25) is 4.79 Å². The highest BCUT2D eigenvalue weighted by atomic mass is 19.1. The van der Waals surface area contributed by atoms with Gasteiger partial charge in [0.25, 0.3) is 0 Å². The van der Waals surface area contributed by atoms with E-state index in [1.165, 1.54) is 0 Å². The number of hydrogen-bond donors (Lipinski definition) is 2. The molecule has 0 aliphatic carbocycles. The van der Waals surface area contributed by atoms with Crippen molar-refractivity contribution in [1.29, 1.82) is 0 Å². The minimum atomic E-state index is -1.13. The molecule has 0 radical (unpaired) electrons. The van der Waals surface area contributed by atoms with E-state index in [0.29, 0.717) is 6.07 Å². The van der Waals surface area contributed by atoms with Crippen LogP contribution in [0.15, 0.2) is 6.07 Å². The van der Waals surface area contributed by atoms with Gasteiger partial charge in [0.05, 0.1) is 12.7 Å². The number of hydrogen-bond acceptors (Lipinski definition) is 4. The molecular formula is C10H11F2NO3. The summed E-state index contributed by atoms with van der Waals surface area (Å²) in [6.07, 6.45) is -0.140. The normalized spacial score (nSPS) is 10.2. The number of carbonyl (C=O) groups excluding carboxylic acids is 1. The lowest BCUT2D eigenvalue weighted by Crippen LogP contribution is -2.11. The monoisotopic (exact) mass is 231 g/mol. The number of nitrogens with two attached hydrogens (primary N) is 1. The highest BCUT2D eigenvalue weighted by Crippen LogP contribution is 2.35. The first kappa shape index (κ1) is 12.4. The first-order chi connectivity index (χ1) is 7.52. The van der Waals surface area contributed by atoms with Gasteiger partial charge in [-0.25, -0.2) is 8.78 Å². The molecule has 6 heteroatoms. The Morgan fingerprint density at radius 2 is 2.12 bits per heavy atom. The molecule has 0 aliphatic heterocycles. The van der Waals surface area contributed by atoms with Gasteiger partial charge < -0.3 is 15.6 Å². The molecule has 0 bridgehead atoms. The SMILES string of the molecule is COc1c(F)cc(F)c(C(=O)CCN)c1O. The minimum absolute atomic E-state index is 0.0113. The first-order valence-electron chi connectivity index (χ1n) is 4.51. The van der Waals surface area contributed by atoms with Crippen molar-refractivity contribution in [3.8, 4) is 11.5 Å². The summed E-state index contributed by atoms with van der Waals surface area (Å²) in [5.74, 6) is -4.29. The average molecular weight is 231 g/mol. The standard InChI is InChI=1S/C10H11F2NO3/c1-16-10-6(12)4-5(11)8(9(10)15)7(14)2-3-13/h4,15H,2-3,13H2,1H3. The van der Waals surface area contributed by atoms with Crippen molar-refractivity contribution in [3.05, 3.63) is 23.3 Å². The Morgan fingerprint density at radius 1 is 1.50 bits per heavy atom. The zero-order chi connectivity index (χ0) is 12.3. The molecule has 0 unspecified atom stereocenters. The lowest BCUT2D eigenvalue weighted by Gasteiger charge is -2.09. The van der Waals surface area contributed by atoms with E-state index in [9.17, 15) is 18.7 Å². The zero-order valence-corrected chi connectivity index (χ0v) is 8.59. The second-order valence-electron chi connectivity index (χ2n) is 3.06. The molecule has 0 aromatic heterocycles. The zero-order valence-electron chi connectivity index (χ0n) is 8.59. The van der Waals surface area contributed by atoms with Crippen molar-refractivity contribution in [2.24, 2.45) is 5.73 Å². The summed E-state index contributed by atoms with van der Waals surface area (Å²) in [6, 6.07) is 0.488. The maximum Gasteiger partial charge on any atom is 0.197 e. The van der Waals surface area contributed by atoms with Crippen LogP contribution in [0.25, 0.3) is 0 Å². The Morgan fingerprint density at radius 3 is 2.62 bits per heavy atom. The molecule has 0 heterocycles. The number of ketones is 1. The fraction of sp³-hybridized carbons (Fsp3) is 0.300. The van der Waals surface area contributed by atoms with E-state index in [1.807, 2.05) is 0 Å². The molecule has 0 saturated heterocycles. The lowest BCUT2D eigenvalue weighted by atomic mass is 10.1. The second kappa shape index (κ2) is 4.89. The molecule has 1 aromatic carbocycles.